The SMILES string of the molecule is CCCNC(=O)NCc1ccc(CC)cc1. The first-order valence-corrected chi connectivity index (χ1v) is 5.85. The zero-order chi connectivity index (χ0) is 11.8. The normalized spacial score (nSPS) is 9.88. The Morgan fingerprint density at radius 2 is 1.69 bits per heavy atom. The summed E-state index contributed by atoms with van der Waals surface area (Å²) in [6.07, 6.45) is 2.00. The Morgan fingerprint density at radius 3 is 2.25 bits per heavy atom. The quantitative estimate of drug-likeness (QED) is 0.786. The Balaban J connectivity index is 2.33. The number of carbonyl (C=O) groups is 1. The highest BCUT2D eigenvalue weighted by Crippen LogP contribution is 2.04. The molecule has 0 aromatic heterocycles. The van der Waals surface area contributed by atoms with Crippen LogP contribution in [-0.4, -0.2) is 12.6 Å². The van der Waals surface area contributed by atoms with E-state index < -0.39 is 0 Å². The number of nitrogens with one attached hydrogen (secondary N) is 2. The number of rotatable bonds is 5. The van der Waals surface area contributed by atoms with E-state index in [4.69, 9.17) is 0 Å². The molecule has 0 fully saturated rings. The predicted octanol–water partition coefficient (Wildman–Crippen LogP) is 2.46. The first kappa shape index (κ1) is 12.6. The highest BCUT2D eigenvalue weighted by atomic mass is 16.2. The fraction of sp³-hybridized carbons (Fsp3) is 0.462. The highest BCUT2D eigenvalue weighted by molar-refractivity contribution is 5.73. The minimum Gasteiger partial charge on any atom is -0.338 e. The molecule has 0 aliphatic heterocycles. The van der Waals surface area contributed by atoms with E-state index in [-0.39, 0.29) is 6.03 Å². The van der Waals surface area contributed by atoms with Gasteiger partial charge in [-0.2, -0.15) is 0 Å². The fourth-order valence-electron chi connectivity index (χ4n) is 1.38. The number of urea groups is 1. The molecule has 1 aromatic rings. The zero-order valence-electron chi connectivity index (χ0n) is 10.0. The number of amides is 2. The zero-order valence-corrected chi connectivity index (χ0v) is 10.0. The molecule has 2 N–H and O–H groups in total. The van der Waals surface area contributed by atoms with Gasteiger partial charge in [-0.1, -0.05) is 38.1 Å². The van der Waals surface area contributed by atoms with E-state index in [2.05, 4.69) is 41.8 Å². The summed E-state index contributed by atoms with van der Waals surface area (Å²) in [6, 6.07) is 8.21. The van der Waals surface area contributed by atoms with E-state index in [1.807, 2.05) is 6.92 Å². The molecule has 88 valence electrons. The molecular weight excluding hydrogens is 200 g/mol. The number of benzene rings is 1. The second-order valence-corrected chi connectivity index (χ2v) is 3.78. The largest absolute Gasteiger partial charge is 0.338 e. The molecule has 0 aliphatic rings. The van der Waals surface area contributed by atoms with Crippen LogP contribution in [0.4, 0.5) is 4.79 Å². The van der Waals surface area contributed by atoms with E-state index in [1.54, 1.807) is 0 Å². The maximum absolute atomic E-state index is 11.3. The summed E-state index contributed by atoms with van der Waals surface area (Å²) < 4.78 is 0. The van der Waals surface area contributed by atoms with E-state index in [9.17, 15) is 4.79 Å². The topological polar surface area (TPSA) is 41.1 Å². The lowest BCUT2D eigenvalue weighted by atomic mass is 10.1. The fourth-order valence-corrected chi connectivity index (χ4v) is 1.38. The van der Waals surface area contributed by atoms with Gasteiger partial charge in [0.2, 0.25) is 0 Å². The van der Waals surface area contributed by atoms with Crippen molar-refractivity contribution in [3.05, 3.63) is 35.4 Å². The summed E-state index contributed by atoms with van der Waals surface area (Å²) in [5, 5.41) is 5.60. The minimum atomic E-state index is -0.0959. The van der Waals surface area contributed by atoms with Gasteiger partial charge in [-0.15, -0.1) is 0 Å². The Kier molecular flexibility index (Phi) is 5.40. The minimum absolute atomic E-state index is 0.0959. The van der Waals surface area contributed by atoms with E-state index >= 15 is 0 Å². The molecule has 0 radical (unpaired) electrons. The molecule has 0 bridgehead atoms. The molecule has 0 spiro atoms. The van der Waals surface area contributed by atoms with Gasteiger partial charge in [0.05, 0.1) is 0 Å². The third-order valence-electron chi connectivity index (χ3n) is 2.42. The van der Waals surface area contributed by atoms with Crippen molar-refractivity contribution < 1.29 is 4.79 Å². The van der Waals surface area contributed by atoms with Gasteiger partial charge in [-0.05, 0) is 24.0 Å². The Labute approximate surface area is 97.2 Å². The summed E-state index contributed by atoms with van der Waals surface area (Å²) in [7, 11) is 0. The van der Waals surface area contributed by atoms with Gasteiger partial charge in [-0.25, -0.2) is 4.79 Å². The van der Waals surface area contributed by atoms with Crippen LogP contribution in [-0.2, 0) is 13.0 Å². The van der Waals surface area contributed by atoms with E-state index in [0.29, 0.717) is 6.54 Å². The van der Waals surface area contributed by atoms with Crippen LogP contribution < -0.4 is 10.6 Å². The molecule has 0 saturated carbocycles. The van der Waals surface area contributed by atoms with Gasteiger partial charge in [-0.3, -0.25) is 0 Å². The molecule has 0 atom stereocenters. The highest BCUT2D eigenvalue weighted by Gasteiger charge is 1.98. The van der Waals surface area contributed by atoms with Crippen LogP contribution in [0.2, 0.25) is 0 Å². The van der Waals surface area contributed by atoms with Crippen LogP contribution in [0.25, 0.3) is 0 Å². The van der Waals surface area contributed by atoms with Crippen LogP contribution in [0.1, 0.15) is 31.4 Å². The molecule has 0 aliphatic carbocycles. The second kappa shape index (κ2) is 6.88. The molecule has 3 nitrogen and oxygen atoms in total. The average Bonchev–Trinajstić information content (AvgIpc) is 2.34. The molecule has 0 heterocycles. The van der Waals surface area contributed by atoms with Gasteiger partial charge in [0.15, 0.2) is 0 Å². The Bertz CT molecular complexity index is 319. The lowest BCUT2D eigenvalue weighted by Gasteiger charge is -2.07. The van der Waals surface area contributed by atoms with Gasteiger partial charge < -0.3 is 10.6 Å². The van der Waals surface area contributed by atoms with Crippen LogP contribution in [0.5, 0.6) is 0 Å². The number of carbonyl (C=O) groups excluding carboxylic acids is 1. The maximum atomic E-state index is 11.3. The van der Waals surface area contributed by atoms with Gasteiger partial charge in [0.1, 0.15) is 0 Å². The smallest absolute Gasteiger partial charge is 0.315 e. The Morgan fingerprint density at radius 1 is 1.06 bits per heavy atom. The lowest BCUT2D eigenvalue weighted by molar-refractivity contribution is 0.240. The van der Waals surface area contributed by atoms with Crippen molar-refractivity contribution in [3.63, 3.8) is 0 Å². The van der Waals surface area contributed by atoms with Gasteiger partial charge >= 0.3 is 6.03 Å². The van der Waals surface area contributed by atoms with Crippen molar-refractivity contribution in [2.24, 2.45) is 0 Å². The first-order valence-electron chi connectivity index (χ1n) is 5.85. The molecule has 1 aromatic carbocycles. The summed E-state index contributed by atoms with van der Waals surface area (Å²) in [5.41, 5.74) is 2.45. The predicted molar refractivity (Wildman–Crippen MR) is 66.3 cm³/mol. The van der Waals surface area contributed by atoms with E-state index in [1.165, 1.54) is 5.56 Å². The summed E-state index contributed by atoms with van der Waals surface area (Å²) in [5.74, 6) is 0. The van der Waals surface area contributed by atoms with Crippen molar-refractivity contribution >= 4 is 6.03 Å². The summed E-state index contributed by atoms with van der Waals surface area (Å²) in [6.45, 7) is 5.47. The lowest BCUT2D eigenvalue weighted by Crippen LogP contribution is -2.35. The van der Waals surface area contributed by atoms with Crippen LogP contribution in [0, 0.1) is 0 Å². The van der Waals surface area contributed by atoms with Crippen LogP contribution >= 0.6 is 0 Å². The van der Waals surface area contributed by atoms with Crippen LogP contribution in [0.15, 0.2) is 24.3 Å². The molecule has 0 unspecified atom stereocenters. The molecular formula is C13H20N2O. The summed E-state index contributed by atoms with van der Waals surface area (Å²) >= 11 is 0. The first-order chi connectivity index (χ1) is 7.76. The Hall–Kier alpha value is -1.51. The second-order valence-electron chi connectivity index (χ2n) is 3.78. The van der Waals surface area contributed by atoms with Crippen molar-refractivity contribution in [1.29, 1.82) is 0 Å². The standard InChI is InChI=1S/C13H20N2O/c1-3-9-14-13(16)15-10-12-7-5-11(4-2)6-8-12/h5-8H,3-4,9-10H2,1-2H3,(H2,14,15,16). The van der Waals surface area contributed by atoms with Crippen molar-refractivity contribution in [2.45, 2.75) is 33.2 Å². The van der Waals surface area contributed by atoms with Crippen molar-refractivity contribution in [2.75, 3.05) is 6.54 Å². The summed E-state index contributed by atoms with van der Waals surface area (Å²) in [4.78, 5) is 11.3. The van der Waals surface area contributed by atoms with Gasteiger partial charge in [0.25, 0.3) is 0 Å². The molecule has 0 saturated heterocycles. The average molecular weight is 220 g/mol. The molecule has 2 amide bonds. The number of hydrogen-bond donors (Lipinski definition) is 2. The third-order valence-corrected chi connectivity index (χ3v) is 2.42. The molecule has 16 heavy (non-hydrogen) atoms. The molecule has 3 heteroatoms. The maximum Gasteiger partial charge on any atom is 0.315 e. The van der Waals surface area contributed by atoms with E-state index in [0.717, 1.165) is 24.9 Å². The van der Waals surface area contributed by atoms with Crippen LogP contribution in [0.3, 0.4) is 0 Å². The number of aryl methyl sites for hydroxylation is 1. The molecule has 1 rings (SSSR count). The third kappa shape index (κ3) is 4.34. The monoisotopic (exact) mass is 220 g/mol. The van der Waals surface area contributed by atoms with Crippen molar-refractivity contribution in [1.82, 2.24) is 10.6 Å². The van der Waals surface area contributed by atoms with Crippen molar-refractivity contribution in [3.8, 4) is 0 Å². The van der Waals surface area contributed by atoms with Gasteiger partial charge in [0, 0.05) is 13.1 Å². The number of hydrogen-bond acceptors (Lipinski definition) is 1.